The van der Waals surface area contributed by atoms with Crippen molar-refractivity contribution < 1.29 is 4.74 Å². The van der Waals surface area contributed by atoms with Crippen LogP contribution in [0, 0.1) is 0 Å². The monoisotopic (exact) mass is 223 g/mol. The molecule has 1 saturated carbocycles. The van der Waals surface area contributed by atoms with Gasteiger partial charge in [0.2, 0.25) is 0 Å². The van der Waals surface area contributed by atoms with Crippen LogP contribution in [0.15, 0.2) is 12.4 Å². The smallest absolute Gasteiger partial charge is 0.157 e. The second-order valence-electron chi connectivity index (χ2n) is 4.67. The maximum Gasteiger partial charge on any atom is 0.157 e. The molecule has 0 aliphatic heterocycles. The van der Waals surface area contributed by atoms with Crippen LogP contribution in [0.25, 0.3) is 0 Å². The van der Waals surface area contributed by atoms with Crippen LogP contribution >= 0.6 is 0 Å². The average molecular weight is 223 g/mol. The van der Waals surface area contributed by atoms with Gasteiger partial charge in [-0.2, -0.15) is 5.10 Å². The van der Waals surface area contributed by atoms with E-state index < -0.39 is 0 Å². The number of hydrogen-bond donors (Lipinski definition) is 1. The summed E-state index contributed by atoms with van der Waals surface area (Å²) in [6, 6.07) is 0.708. The van der Waals surface area contributed by atoms with E-state index in [-0.39, 0.29) is 6.10 Å². The van der Waals surface area contributed by atoms with Crippen molar-refractivity contribution in [3.63, 3.8) is 0 Å². The first-order chi connectivity index (χ1) is 7.74. The summed E-state index contributed by atoms with van der Waals surface area (Å²) in [7, 11) is 1.90. The van der Waals surface area contributed by atoms with E-state index in [2.05, 4.69) is 17.3 Å². The molecule has 1 unspecified atom stereocenters. The van der Waals surface area contributed by atoms with Crippen molar-refractivity contribution in [2.24, 2.45) is 7.05 Å². The summed E-state index contributed by atoms with van der Waals surface area (Å²) >= 11 is 0. The molecule has 2 rings (SSSR count). The predicted octanol–water partition coefficient (Wildman–Crippen LogP) is 1.72. The molecule has 1 N–H and O–H groups in total. The first-order valence-corrected chi connectivity index (χ1v) is 6.13. The van der Waals surface area contributed by atoms with Gasteiger partial charge in [0.15, 0.2) is 5.75 Å². The van der Waals surface area contributed by atoms with Gasteiger partial charge in [-0.25, -0.2) is 0 Å². The van der Waals surface area contributed by atoms with Gasteiger partial charge >= 0.3 is 0 Å². The number of aromatic nitrogens is 2. The second-order valence-corrected chi connectivity index (χ2v) is 4.67. The molecule has 4 heteroatoms. The highest BCUT2D eigenvalue weighted by atomic mass is 16.5. The summed E-state index contributed by atoms with van der Waals surface area (Å²) in [6.45, 7) is 3.01. The van der Waals surface area contributed by atoms with Crippen LogP contribution in [-0.2, 0) is 7.05 Å². The SMILES string of the molecule is CC(CNC1CCCC1)Oc1cnn(C)c1. The fraction of sp³-hybridized carbons (Fsp3) is 0.750. The molecule has 1 atom stereocenters. The molecule has 0 saturated heterocycles. The van der Waals surface area contributed by atoms with Crippen molar-refractivity contribution in [1.82, 2.24) is 15.1 Å². The van der Waals surface area contributed by atoms with Crippen molar-refractivity contribution in [2.45, 2.75) is 44.8 Å². The van der Waals surface area contributed by atoms with Crippen LogP contribution in [0.5, 0.6) is 5.75 Å². The Morgan fingerprint density at radius 1 is 1.56 bits per heavy atom. The quantitative estimate of drug-likeness (QED) is 0.826. The van der Waals surface area contributed by atoms with Gasteiger partial charge in [-0.15, -0.1) is 0 Å². The highest BCUT2D eigenvalue weighted by Crippen LogP contribution is 2.17. The molecule has 0 radical (unpaired) electrons. The molecule has 1 aliphatic carbocycles. The average Bonchev–Trinajstić information content (AvgIpc) is 2.87. The highest BCUT2D eigenvalue weighted by molar-refractivity contribution is 5.11. The van der Waals surface area contributed by atoms with Gasteiger partial charge in [0.05, 0.1) is 12.4 Å². The zero-order valence-electron chi connectivity index (χ0n) is 10.1. The fourth-order valence-electron chi connectivity index (χ4n) is 2.20. The number of ether oxygens (including phenoxy) is 1. The maximum absolute atomic E-state index is 5.75. The number of rotatable bonds is 5. The lowest BCUT2D eigenvalue weighted by atomic mass is 10.2. The minimum Gasteiger partial charge on any atom is -0.486 e. The van der Waals surface area contributed by atoms with Crippen LogP contribution in [-0.4, -0.2) is 28.5 Å². The molecular weight excluding hydrogens is 202 g/mol. The third kappa shape index (κ3) is 3.23. The molecular formula is C12H21N3O. The molecule has 0 amide bonds. The van der Waals surface area contributed by atoms with Gasteiger partial charge in [0.25, 0.3) is 0 Å². The third-order valence-electron chi connectivity index (χ3n) is 3.07. The Morgan fingerprint density at radius 3 is 2.94 bits per heavy atom. The van der Waals surface area contributed by atoms with Crippen LogP contribution in [0.4, 0.5) is 0 Å². The van der Waals surface area contributed by atoms with Gasteiger partial charge in [-0.05, 0) is 19.8 Å². The normalized spacial score (nSPS) is 18.9. The number of aryl methyl sites for hydroxylation is 1. The van der Waals surface area contributed by atoms with Gasteiger partial charge in [-0.3, -0.25) is 4.68 Å². The summed E-state index contributed by atoms with van der Waals surface area (Å²) in [5, 5.41) is 7.63. The van der Waals surface area contributed by atoms with E-state index in [1.54, 1.807) is 10.9 Å². The lowest BCUT2D eigenvalue weighted by Crippen LogP contribution is -2.35. The van der Waals surface area contributed by atoms with E-state index in [0.717, 1.165) is 12.3 Å². The standard InChI is InChI=1S/C12H21N3O/c1-10(7-13-11-5-3-4-6-11)16-12-8-14-15(2)9-12/h8-11,13H,3-7H2,1-2H3. The minimum absolute atomic E-state index is 0.199. The lowest BCUT2D eigenvalue weighted by molar-refractivity contribution is 0.211. The predicted molar refractivity (Wildman–Crippen MR) is 63.6 cm³/mol. The van der Waals surface area contributed by atoms with E-state index >= 15 is 0 Å². The zero-order valence-corrected chi connectivity index (χ0v) is 10.1. The van der Waals surface area contributed by atoms with Crippen molar-refractivity contribution in [2.75, 3.05) is 6.54 Å². The van der Waals surface area contributed by atoms with Crippen molar-refractivity contribution in [1.29, 1.82) is 0 Å². The summed E-state index contributed by atoms with van der Waals surface area (Å²) < 4.78 is 7.51. The van der Waals surface area contributed by atoms with Crippen LogP contribution < -0.4 is 10.1 Å². The number of nitrogens with one attached hydrogen (secondary N) is 1. The zero-order chi connectivity index (χ0) is 11.4. The third-order valence-corrected chi connectivity index (χ3v) is 3.07. The van der Waals surface area contributed by atoms with Gasteiger partial charge < -0.3 is 10.1 Å². The Hall–Kier alpha value is -1.03. The van der Waals surface area contributed by atoms with E-state index in [1.165, 1.54) is 25.7 Å². The fourth-order valence-corrected chi connectivity index (χ4v) is 2.20. The Labute approximate surface area is 97.0 Å². The lowest BCUT2D eigenvalue weighted by Gasteiger charge is -2.17. The van der Waals surface area contributed by atoms with Gasteiger partial charge in [-0.1, -0.05) is 12.8 Å². The molecule has 1 aliphatic rings. The van der Waals surface area contributed by atoms with Crippen LogP contribution in [0.2, 0.25) is 0 Å². The first kappa shape index (κ1) is 11.5. The van der Waals surface area contributed by atoms with E-state index in [4.69, 9.17) is 4.74 Å². The van der Waals surface area contributed by atoms with Crippen molar-refractivity contribution in [3.8, 4) is 5.75 Å². The molecule has 1 heterocycles. The van der Waals surface area contributed by atoms with Crippen LogP contribution in [0.1, 0.15) is 32.6 Å². The minimum atomic E-state index is 0.199. The maximum atomic E-state index is 5.75. The second kappa shape index (κ2) is 5.34. The molecule has 90 valence electrons. The van der Waals surface area contributed by atoms with Gasteiger partial charge in [0, 0.05) is 19.6 Å². The van der Waals surface area contributed by atoms with Crippen molar-refractivity contribution in [3.05, 3.63) is 12.4 Å². The van der Waals surface area contributed by atoms with E-state index in [1.807, 2.05) is 13.2 Å². The Kier molecular flexibility index (Phi) is 3.83. The summed E-state index contributed by atoms with van der Waals surface area (Å²) in [5.74, 6) is 0.850. The molecule has 16 heavy (non-hydrogen) atoms. The first-order valence-electron chi connectivity index (χ1n) is 6.13. The van der Waals surface area contributed by atoms with E-state index in [9.17, 15) is 0 Å². The molecule has 4 nitrogen and oxygen atoms in total. The summed E-state index contributed by atoms with van der Waals surface area (Å²) in [5.41, 5.74) is 0. The summed E-state index contributed by atoms with van der Waals surface area (Å²) in [4.78, 5) is 0. The molecule has 0 aromatic carbocycles. The Balaban J connectivity index is 1.69. The molecule has 1 aromatic rings. The molecule has 1 aromatic heterocycles. The van der Waals surface area contributed by atoms with Crippen LogP contribution in [0.3, 0.4) is 0 Å². The highest BCUT2D eigenvalue weighted by Gasteiger charge is 2.15. The molecule has 0 spiro atoms. The Bertz CT molecular complexity index is 318. The summed E-state index contributed by atoms with van der Waals surface area (Å²) in [6.07, 6.45) is 9.23. The number of hydrogen-bond acceptors (Lipinski definition) is 3. The Morgan fingerprint density at radius 2 is 2.31 bits per heavy atom. The molecule has 0 bridgehead atoms. The largest absolute Gasteiger partial charge is 0.486 e. The van der Waals surface area contributed by atoms with Crippen molar-refractivity contribution >= 4 is 0 Å². The van der Waals surface area contributed by atoms with Gasteiger partial charge in [0.1, 0.15) is 6.10 Å². The topological polar surface area (TPSA) is 39.1 Å². The number of nitrogens with zero attached hydrogens (tertiary/aromatic N) is 2. The van der Waals surface area contributed by atoms with E-state index in [0.29, 0.717) is 6.04 Å². The molecule has 1 fully saturated rings.